The molecule has 0 N–H and O–H groups in total. The number of hydrogen-bond acceptors (Lipinski definition) is 1. The minimum atomic E-state index is -0.00832. The molecular weight excluding hydrogens is 288 g/mol. The second-order valence-corrected chi connectivity index (χ2v) is 7.17. The van der Waals surface area contributed by atoms with Gasteiger partial charge in [0.15, 0.2) is 14.3 Å². The van der Waals surface area contributed by atoms with Crippen LogP contribution < -0.4 is 4.74 Å². The van der Waals surface area contributed by atoms with Crippen LogP contribution in [0.4, 0.5) is 0 Å². The summed E-state index contributed by atoms with van der Waals surface area (Å²) in [5, 5.41) is 2.74. The molecule has 0 aliphatic carbocycles. The molecule has 0 amide bonds. The largest absolute Gasteiger partial charge is 0.494 e. The zero-order valence-electron chi connectivity index (χ0n) is 12.5. The van der Waals surface area contributed by atoms with Gasteiger partial charge in [0.05, 0.1) is 6.61 Å². The van der Waals surface area contributed by atoms with Crippen molar-refractivity contribution in [2.24, 2.45) is 0 Å². The maximum absolute atomic E-state index is 5.57. The lowest BCUT2D eigenvalue weighted by Crippen LogP contribution is -1.90. The van der Waals surface area contributed by atoms with Crippen molar-refractivity contribution >= 4 is 30.6 Å². The molecule has 0 saturated carbocycles. The van der Waals surface area contributed by atoms with Crippen LogP contribution in [0.3, 0.4) is 0 Å². The standard InChI is InChI=1S/C20H17OS/c1-2-21-15-11-13-16(14-12-15)22-19-9-5-3-7-17(19)18-8-4-6-10-20(18)22/h3-14H,2H2,1H3/q+1. The highest BCUT2D eigenvalue weighted by molar-refractivity contribution is 7.50. The third-order valence-corrected chi connectivity index (χ3v) is 6.21. The summed E-state index contributed by atoms with van der Waals surface area (Å²) in [6.07, 6.45) is 0. The van der Waals surface area contributed by atoms with Gasteiger partial charge in [0, 0.05) is 33.4 Å². The van der Waals surface area contributed by atoms with Crippen molar-refractivity contribution < 1.29 is 4.74 Å². The van der Waals surface area contributed by atoms with Crippen LogP contribution >= 0.6 is 10.5 Å². The van der Waals surface area contributed by atoms with E-state index in [0.29, 0.717) is 6.61 Å². The fraction of sp³-hybridized carbons (Fsp3) is 0.100. The van der Waals surface area contributed by atoms with E-state index in [9.17, 15) is 0 Å². The van der Waals surface area contributed by atoms with Crippen molar-refractivity contribution in [3.05, 3.63) is 72.8 Å². The van der Waals surface area contributed by atoms with Crippen molar-refractivity contribution in [3.63, 3.8) is 0 Å². The molecule has 4 aromatic rings. The fourth-order valence-electron chi connectivity index (χ4n) is 2.95. The van der Waals surface area contributed by atoms with E-state index in [2.05, 4.69) is 72.8 Å². The average molecular weight is 305 g/mol. The summed E-state index contributed by atoms with van der Waals surface area (Å²) in [4.78, 5) is 1.35. The molecule has 0 spiro atoms. The molecule has 0 fully saturated rings. The lowest BCUT2D eigenvalue weighted by atomic mass is 10.2. The van der Waals surface area contributed by atoms with E-state index in [1.165, 1.54) is 25.1 Å². The highest BCUT2D eigenvalue weighted by Gasteiger charge is 2.22. The first-order valence-corrected chi connectivity index (χ1v) is 8.76. The van der Waals surface area contributed by atoms with Crippen molar-refractivity contribution in [1.82, 2.24) is 0 Å². The van der Waals surface area contributed by atoms with Crippen LogP contribution in [-0.4, -0.2) is 6.61 Å². The molecule has 3 aromatic carbocycles. The lowest BCUT2D eigenvalue weighted by molar-refractivity contribution is 0.340. The molecule has 4 rings (SSSR count). The Kier molecular flexibility index (Phi) is 3.32. The van der Waals surface area contributed by atoms with Gasteiger partial charge in [-0.2, -0.15) is 0 Å². The molecule has 0 saturated heterocycles. The van der Waals surface area contributed by atoms with E-state index in [0.717, 1.165) is 5.75 Å². The summed E-state index contributed by atoms with van der Waals surface area (Å²) >= 11 is 0. The summed E-state index contributed by atoms with van der Waals surface area (Å²) in [6, 6.07) is 26.1. The van der Waals surface area contributed by atoms with E-state index in [-0.39, 0.29) is 10.5 Å². The monoisotopic (exact) mass is 305 g/mol. The Morgan fingerprint density at radius 2 is 1.27 bits per heavy atom. The van der Waals surface area contributed by atoms with E-state index < -0.39 is 0 Å². The van der Waals surface area contributed by atoms with Crippen LogP contribution in [0.1, 0.15) is 6.92 Å². The van der Waals surface area contributed by atoms with E-state index >= 15 is 0 Å². The molecule has 1 aromatic heterocycles. The maximum atomic E-state index is 5.57. The summed E-state index contributed by atoms with van der Waals surface area (Å²) in [6.45, 7) is 2.72. The van der Waals surface area contributed by atoms with Crippen LogP contribution in [0.2, 0.25) is 0 Å². The minimum Gasteiger partial charge on any atom is -0.494 e. The van der Waals surface area contributed by atoms with Gasteiger partial charge in [-0.1, -0.05) is 24.3 Å². The topological polar surface area (TPSA) is 9.23 Å². The van der Waals surface area contributed by atoms with Crippen molar-refractivity contribution in [2.75, 3.05) is 6.61 Å². The highest BCUT2D eigenvalue weighted by Crippen LogP contribution is 2.48. The zero-order chi connectivity index (χ0) is 14.9. The molecular formula is C20H17OS+. The molecule has 22 heavy (non-hydrogen) atoms. The maximum Gasteiger partial charge on any atom is 0.187 e. The first kappa shape index (κ1) is 13.4. The van der Waals surface area contributed by atoms with Crippen molar-refractivity contribution in [2.45, 2.75) is 6.92 Å². The van der Waals surface area contributed by atoms with Crippen molar-refractivity contribution in [3.8, 4) is 10.6 Å². The summed E-state index contributed by atoms with van der Waals surface area (Å²) in [5.41, 5.74) is 0. The SMILES string of the molecule is CCOc1ccc(-[s+]2c3ccccc3c3ccccc32)cc1. The normalized spacial score (nSPS) is 11.1. The van der Waals surface area contributed by atoms with Crippen molar-refractivity contribution in [1.29, 1.82) is 0 Å². The smallest absolute Gasteiger partial charge is 0.187 e. The predicted octanol–water partition coefficient (Wildman–Crippen LogP) is 6.13. The quantitative estimate of drug-likeness (QED) is 0.414. The van der Waals surface area contributed by atoms with Gasteiger partial charge in [-0.15, -0.1) is 0 Å². The van der Waals surface area contributed by atoms with Gasteiger partial charge in [0.2, 0.25) is 0 Å². The van der Waals surface area contributed by atoms with Gasteiger partial charge < -0.3 is 4.74 Å². The molecule has 108 valence electrons. The molecule has 0 radical (unpaired) electrons. The third kappa shape index (κ3) is 2.08. The Morgan fingerprint density at radius 1 is 0.727 bits per heavy atom. The van der Waals surface area contributed by atoms with Crippen LogP contribution in [0.15, 0.2) is 72.8 Å². The van der Waals surface area contributed by atoms with Crippen LogP contribution in [0, 0.1) is 0 Å². The van der Waals surface area contributed by atoms with E-state index in [4.69, 9.17) is 4.74 Å². The second kappa shape index (κ2) is 5.47. The summed E-state index contributed by atoms with van der Waals surface area (Å²) in [5.74, 6) is 0.940. The molecule has 0 aliphatic heterocycles. The second-order valence-electron chi connectivity index (χ2n) is 5.20. The first-order chi connectivity index (χ1) is 10.9. The number of rotatable bonds is 3. The summed E-state index contributed by atoms with van der Waals surface area (Å²) < 4.78 is 8.41. The van der Waals surface area contributed by atoms with Crippen LogP contribution in [0.25, 0.3) is 25.1 Å². The number of benzene rings is 3. The molecule has 0 unspecified atom stereocenters. The van der Waals surface area contributed by atoms with Gasteiger partial charge in [-0.3, -0.25) is 0 Å². The Balaban J connectivity index is 1.99. The lowest BCUT2D eigenvalue weighted by Gasteiger charge is -2.01. The van der Waals surface area contributed by atoms with Crippen LogP contribution in [-0.2, 0) is 0 Å². The molecule has 0 bridgehead atoms. The third-order valence-electron chi connectivity index (χ3n) is 3.87. The minimum absolute atomic E-state index is 0.00832. The van der Waals surface area contributed by atoms with E-state index in [1.54, 1.807) is 0 Å². The first-order valence-electron chi connectivity index (χ1n) is 7.54. The number of hydrogen-bond donors (Lipinski definition) is 0. The molecule has 1 heterocycles. The van der Waals surface area contributed by atoms with Gasteiger partial charge in [0.1, 0.15) is 5.75 Å². The summed E-state index contributed by atoms with van der Waals surface area (Å²) in [7, 11) is -0.00832. The number of ether oxygens (including phenoxy) is 1. The fourth-order valence-corrected chi connectivity index (χ4v) is 5.32. The number of thiophene rings is 1. The molecule has 0 aliphatic rings. The zero-order valence-corrected chi connectivity index (χ0v) is 13.3. The average Bonchev–Trinajstić information content (AvgIpc) is 2.91. The van der Waals surface area contributed by atoms with Gasteiger partial charge in [-0.05, 0) is 43.3 Å². The Hall–Kier alpha value is -2.32. The number of fused-ring (bicyclic) bond motifs is 3. The van der Waals surface area contributed by atoms with Gasteiger partial charge in [-0.25, -0.2) is 0 Å². The van der Waals surface area contributed by atoms with Gasteiger partial charge in [0.25, 0.3) is 0 Å². The Labute approximate surface area is 132 Å². The van der Waals surface area contributed by atoms with Gasteiger partial charge >= 0.3 is 0 Å². The Bertz CT molecular complexity index is 882. The molecule has 1 nitrogen and oxygen atoms in total. The molecule has 0 atom stereocenters. The predicted molar refractivity (Wildman–Crippen MR) is 96.4 cm³/mol. The van der Waals surface area contributed by atoms with Crippen LogP contribution in [0.5, 0.6) is 5.75 Å². The highest BCUT2D eigenvalue weighted by atomic mass is 32.2. The Morgan fingerprint density at radius 3 is 1.82 bits per heavy atom. The van der Waals surface area contributed by atoms with E-state index in [1.807, 2.05) is 6.92 Å². The molecule has 2 heteroatoms.